The normalized spacial score (nSPS) is 20.3. The predicted octanol–water partition coefficient (Wildman–Crippen LogP) is 2.79. The Hall–Kier alpha value is 0.100. The molecule has 0 saturated heterocycles. The zero-order valence-electron chi connectivity index (χ0n) is 7.18. The molecule has 5 heteroatoms. The largest absolute Gasteiger partial charge is 0.441 e. The molecular weight excluding hydrogens is 201 g/mol. The van der Waals surface area contributed by atoms with Crippen molar-refractivity contribution in [2.75, 3.05) is 5.75 Å². The van der Waals surface area contributed by atoms with Crippen molar-refractivity contribution in [2.45, 2.75) is 37.3 Å². The van der Waals surface area contributed by atoms with Crippen molar-refractivity contribution in [3.63, 3.8) is 0 Å². The fraction of sp³-hybridized carbons (Fsp3) is 1.00. The maximum Gasteiger partial charge on any atom is 0.441 e. The number of aliphatic hydroxyl groups excluding tert-OH is 1. The molecule has 1 aliphatic rings. The minimum atomic E-state index is -4.12. The van der Waals surface area contributed by atoms with E-state index >= 15 is 0 Å². The molecule has 1 nitrogen and oxygen atoms in total. The summed E-state index contributed by atoms with van der Waals surface area (Å²) in [5, 5.41) is 9.33. The Balaban J connectivity index is 1.94. The summed E-state index contributed by atoms with van der Waals surface area (Å²) in [6, 6.07) is 0. The topological polar surface area (TPSA) is 20.2 Å². The van der Waals surface area contributed by atoms with Crippen LogP contribution < -0.4 is 0 Å². The molecule has 1 aliphatic carbocycles. The molecule has 1 rings (SSSR count). The minimum absolute atomic E-state index is 0.00343. The SMILES string of the molecule is OC(CCCSC(F)(F)F)C1CC1. The van der Waals surface area contributed by atoms with Crippen molar-refractivity contribution < 1.29 is 18.3 Å². The molecule has 1 fully saturated rings. The van der Waals surface area contributed by atoms with Crippen molar-refractivity contribution in [3.8, 4) is 0 Å². The van der Waals surface area contributed by atoms with Crippen LogP contribution in [0.1, 0.15) is 25.7 Å². The second-order valence-electron chi connectivity index (χ2n) is 3.34. The van der Waals surface area contributed by atoms with E-state index in [0.717, 1.165) is 12.8 Å². The summed E-state index contributed by atoms with van der Waals surface area (Å²) < 4.78 is 35.0. The quantitative estimate of drug-likeness (QED) is 0.710. The first-order chi connectivity index (χ1) is 5.99. The van der Waals surface area contributed by atoms with Gasteiger partial charge in [0.05, 0.1) is 6.10 Å². The number of halogens is 3. The summed E-state index contributed by atoms with van der Waals surface area (Å²) in [5.74, 6) is 0.434. The Morgan fingerprint density at radius 2 is 2.00 bits per heavy atom. The van der Waals surface area contributed by atoms with Gasteiger partial charge in [-0.2, -0.15) is 13.2 Å². The van der Waals surface area contributed by atoms with Gasteiger partial charge in [0, 0.05) is 5.75 Å². The van der Waals surface area contributed by atoms with Gasteiger partial charge in [-0.1, -0.05) is 11.8 Å². The van der Waals surface area contributed by atoms with E-state index in [1.54, 1.807) is 0 Å². The summed E-state index contributed by atoms with van der Waals surface area (Å²) in [6.07, 6.45) is 2.66. The van der Waals surface area contributed by atoms with Crippen LogP contribution in [0.4, 0.5) is 13.2 Å². The molecule has 0 spiro atoms. The molecule has 1 saturated carbocycles. The first-order valence-electron chi connectivity index (χ1n) is 4.38. The zero-order valence-corrected chi connectivity index (χ0v) is 8.00. The van der Waals surface area contributed by atoms with Gasteiger partial charge < -0.3 is 5.11 Å². The van der Waals surface area contributed by atoms with Gasteiger partial charge in [-0.3, -0.25) is 0 Å². The Morgan fingerprint density at radius 3 is 2.46 bits per heavy atom. The molecule has 0 amide bonds. The predicted molar refractivity (Wildman–Crippen MR) is 46.5 cm³/mol. The fourth-order valence-corrected chi connectivity index (χ4v) is 1.74. The van der Waals surface area contributed by atoms with E-state index in [4.69, 9.17) is 0 Å². The van der Waals surface area contributed by atoms with Crippen LogP contribution in [0, 0.1) is 5.92 Å². The summed E-state index contributed by atoms with van der Waals surface area (Å²) in [4.78, 5) is 0. The molecule has 0 radical (unpaired) electrons. The molecule has 1 N–H and O–H groups in total. The van der Waals surface area contributed by atoms with Crippen molar-refractivity contribution >= 4 is 11.8 Å². The van der Waals surface area contributed by atoms with Crippen molar-refractivity contribution in [1.29, 1.82) is 0 Å². The first-order valence-corrected chi connectivity index (χ1v) is 5.36. The lowest BCUT2D eigenvalue weighted by Gasteiger charge is -2.09. The average molecular weight is 214 g/mol. The molecule has 0 aromatic carbocycles. The summed E-state index contributed by atoms with van der Waals surface area (Å²) in [5.41, 5.74) is -4.12. The van der Waals surface area contributed by atoms with Crippen LogP contribution in [0.5, 0.6) is 0 Å². The average Bonchev–Trinajstić information content (AvgIpc) is 2.77. The summed E-state index contributed by atoms with van der Waals surface area (Å²) in [7, 11) is 0. The van der Waals surface area contributed by atoms with E-state index in [0.29, 0.717) is 18.8 Å². The molecule has 0 aliphatic heterocycles. The van der Waals surface area contributed by atoms with Crippen LogP contribution in [0.25, 0.3) is 0 Å². The van der Waals surface area contributed by atoms with Crippen LogP contribution in [0.3, 0.4) is 0 Å². The van der Waals surface area contributed by atoms with E-state index < -0.39 is 5.51 Å². The monoisotopic (exact) mass is 214 g/mol. The molecule has 0 bridgehead atoms. The Morgan fingerprint density at radius 1 is 1.38 bits per heavy atom. The Labute approximate surface area is 79.7 Å². The maximum atomic E-state index is 11.7. The zero-order chi connectivity index (χ0) is 9.90. The fourth-order valence-electron chi connectivity index (χ4n) is 1.20. The Kier molecular flexibility index (Phi) is 3.91. The van der Waals surface area contributed by atoms with Crippen LogP contribution in [0.2, 0.25) is 0 Å². The number of rotatable bonds is 5. The van der Waals surface area contributed by atoms with Gasteiger partial charge in [0.25, 0.3) is 0 Å². The smallest absolute Gasteiger partial charge is 0.393 e. The molecule has 0 aromatic rings. The van der Waals surface area contributed by atoms with Gasteiger partial charge in [-0.25, -0.2) is 0 Å². The van der Waals surface area contributed by atoms with Crippen LogP contribution in [-0.2, 0) is 0 Å². The highest BCUT2D eigenvalue weighted by molar-refractivity contribution is 8.00. The standard InChI is InChI=1S/C8H13F3OS/c9-8(10,11)13-5-1-2-7(12)6-3-4-6/h6-7,12H,1-5H2. The number of aliphatic hydroxyl groups is 1. The number of alkyl halides is 3. The van der Waals surface area contributed by atoms with Crippen LogP contribution >= 0.6 is 11.8 Å². The van der Waals surface area contributed by atoms with Crippen LogP contribution in [0.15, 0.2) is 0 Å². The highest BCUT2D eigenvalue weighted by Gasteiger charge is 2.30. The molecule has 1 atom stereocenters. The van der Waals surface area contributed by atoms with Gasteiger partial charge in [-0.15, -0.1) is 0 Å². The maximum absolute atomic E-state index is 11.7. The molecule has 1 unspecified atom stereocenters. The van der Waals surface area contributed by atoms with E-state index in [2.05, 4.69) is 0 Å². The highest BCUT2D eigenvalue weighted by Crippen LogP contribution is 2.35. The highest BCUT2D eigenvalue weighted by atomic mass is 32.2. The number of hydrogen-bond donors (Lipinski definition) is 1. The number of hydrogen-bond acceptors (Lipinski definition) is 2. The van der Waals surface area contributed by atoms with Crippen molar-refractivity contribution in [3.05, 3.63) is 0 Å². The van der Waals surface area contributed by atoms with Gasteiger partial charge >= 0.3 is 5.51 Å². The molecule has 0 aromatic heterocycles. The van der Waals surface area contributed by atoms with Gasteiger partial charge in [0.1, 0.15) is 0 Å². The van der Waals surface area contributed by atoms with E-state index in [1.807, 2.05) is 0 Å². The Bertz CT molecular complexity index is 156. The number of thioether (sulfide) groups is 1. The minimum Gasteiger partial charge on any atom is -0.393 e. The van der Waals surface area contributed by atoms with Crippen molar-refractivity contribution in [1.82, 2.24) is 0 Å². The second kappa shape index (κ2) is 4.55. The molecule has 13 heavy (non-hydrogen) atoms. The van der Waals surface area contributed by atoms with Crippen molar-refractivity contribution in [2.24, 2.45) is 5.92 Å². The van der Waals surface area contributed by atoms with Gasteiger partial charge in [-0.05, 0) is 31.6 Å². The lowest BCUT2D eigenvalue weighted by molar-refractivity contribution is -0.0328. The van der Waals surface area contributed by atoms with E-state index in [9.17, 15) is 18.3 Å². The second-order valence-corrected chi connectivity index (χ2v) is 4.50. The van der Waals surface area contributed by atoms with E-state index in [1.165, 1.54) is 0 Å². The third kappa shape index (κ3) is 5.41. The van der Waals surface area contributed by atoms with Gasteiger partial charge in [0.2, 0.25) is 0 Å². The molecular formula is C8H13F3OS. The third-order valence-electron chi connectivity index (χ3n) is 2.08. The third-order valence-corrected chi connectivity index (χ3v) is 2.90. The lowest BCUT2D eigenvalue weighted by Crippen LogP contribution is -2.10. The van der Waals surface area contributed by atoms with Gasteiger partial charge in [0.15, 0.2) is 0 Å². The molecule has 78 valence electrons. The van der Waals surface area contributed by atoms with Crippen LogP contribution in [-0.4, -0.2) is 22.5 Å². The lowest BCUT2D eigenvalue weighted by atomic mass is 10.1. The molecule has 0 heterocycles. The summed E-state index contributed by atoms with van der Waals surface area (Å²) >= 11 is -0.00343. The summed E-state index contributed by atoms with van der Waals surface area (Å²) in [6.45, 7) is 0. The first kappa shape index (κ1) is 11.2. The van der Waals surface area contributed by atoms with E-state index in [-0.39, 0.29) is 23.6 Å².